The van der Waals surface area contributed by atoms with Gasteiger partial charge in [0.1, 0.15) is 148 Å². The van der Waals surface area contributed by atoms with Gasteiger partial charge >= 0.3 is 0 Å². The van der Waals surface area contributed by atoms with Crippen LogP contribution in [0.2, 0.25) is 0 Å². The molecular weight excluding hydrogens is 929 g/mol. The van der Waals surface area contributed by atoms with Gasteiger partial charge in [0.2, 0.25) is 0 Å². The number of ether oxygens (including phenoxy) is 16. The summed E-state index contributed by atoms with van der Waals surface area (Å²) in [5, 5.41) is 0. The highest BCUT2D eigenvalue weighted by Gasteiger charge is 2.37. The second-order valence-corrected chi connectivity index (χ2v) is 20.7. The Labute approximate surface area is 419 Å². The first-order valence-corrected chi connectivity index (χ1v) is 25.9. The Balaban J connectivity index is 1.04. The molecule has 16 heteroatoms. The van der Waals surface area contributed by atoms with Crippen molar-refractivity contribution in [3.63, 3.8) is 0 Å². The Bertz CT molecular complexity index is 2110. The molecule has 8 heterocycles. The van der Waals surface area contributed by atoms with Crippen molar-refractivity contribution in [2.24, 2.45) is 0 Å². The van der Waals surface area contributed by atoms with Crippen LogP contribution in [0.25, 0.3) is 0 Å². The van der Waals surface area contributed by atoms with Crippen molar-refractivity contribution in [3.8, 4) is 46.0 Å². The van der Waals surface area contributed by atoms with E-state index in [9.17, 15) is 0 Å². The van der Waals surface area contributed by atoms with E-state index in [1.165, 1.54) is 0 Å². The van der Waals surface area contributed by atoms with Gasteiger partial charge < -0.3 is 75.8 Å². The summed E-state index contributed by atoms with van der Waals surface area (Å²) in [5.41, 5.74) is 7.74. The SMILES string of the molecule is CC1c2cc(c(OCC3CO3)cc2OCC2CO2)C(C)c2cc(c(OCC3CO3)cc2OCC2CO2)C(C)c2cc(c(OCC3CO3)cc2OCC2CO2)C(C)c2cc1c(OCC1CO1)cc2OCC1CO1. The smallest absolute Gasteiger partial charge is 0.126 e. The van der Waals surface area contributed by atoms with Crippen molar-refractivity contribution in [2.45, 2.75) is 100 Å². The van der Waals surface area contributed by atoms with Crippen LogP contribution in [0.1, 0.15) is 95.9 Å². The molecule has 8 bridgehead atoms. The maximum Gasteiger partial charge on any atom is 0.126 e. The van der Waals surface area contributed by atoms with Crippen LogP contribution in [-0.2, 0) is 37.9 Å². The van der Waals surface area contributed by atoms with Gasteiger partial charge in [0, 0.05) is 92.4 Å². The van der Waals surface area contributed by atoms with Crippen molar-refractivity contribution in [2.75, 3.05) is 106 Å². The molecule has 9 aliphatic rings. The monoisotopic (exact) mass is 992 g/mol. The van der Waals surface area contributed by atoms with E-state index in [1.54, 1.807) is 0 Å². The predicted octanol–water partition coefficient (Wildman–Crippen LogP) is 6.83. The molecule has 8 fully saturated rings. The first-order valence-electron chi connectivity index (χ1n) is 25.9. The minimum Gasteiger partial charge on any atom is -0.490 e. The molecule has 72 heavy (non-hydrogen) atoms. The Morgan fingerprint density at radius 2 is 0.375 bits per heavy atom. The van der Waals surface area contributed by atoms with E-state index in [-0.39, 0.29) is 72.5 Å². The molecule has 0 amide bonds. The van der Waals surface area contributed by atoms with Crippen LogP contribution in [0.15, 0.2) is 48.5 Å². The van der Waals surface area contributed by atoms with E-state index in [0.29, 0.717) is 152 Å². The van der Waals surface area contributed by atoms with E-state index in [2.05, 4.69) is 76.2 Å². The average molecular weight is 993 g/mol. The predicted molar refractivity (Wildman–Crippen MR) is 258 cm³/mol. The third-order valence-electron chi connectivity index (χ3n) is 14.9. The van der Waals surface area contributed by atoms with Crippen molar-refractivity contribution < 1.29 is 75.8 Å². The Hall–Kier alpha value is -5.04. The molecule has 8 saturated heterocycles. The minimum absolute atomic E-state index is 0.0210. The van der Waals surface area contributed by atoms with Gasteiger partial charge in [-0.1, -0.05) is 27.7 Å². The standard InChI is InChI=1S/C56H64O16/c1-29-41-5-43(51(67-23-35-15-59-35)9-49(41)65-21-33-13-57-33)30(2)45-7-47(55(71-27-39-19-63-39)11-53(45)69-25-37-17-61-37)32(4)48-8-46(54(70-26-38-18-62-38)12-56(48)72-28-40-20-64-40)31(3)44-6-42(29)50(66-22-34-14-58-34)10-52(44)68-24-36-16-60-36/h5-12,29-40H,13-28H2,1-4H3. The fourth-order valence-electron chi connectivity index (χ4n) is 9.54. The van der Waals surface area contributed by atoms with Gasteiger partial charge in [0.15, 0.2) is 0 Å². The lowest BCUT2D eigenvalue weighted by atomic mass is 9.80. The first kappa shape index (κ1) is 46.7. The van der Waals surface area contributed by atoms with Crippen LogP contribution in [0.4, 0.5) is 0 Å². The largest absolute Gasteiger partial charge is 0.490 e. The molecule has 16 nitrogen and oxygen atoms in total. The summed E-state index contributed by atoms with van der Waals surface area (Å²) in [4.78, 5) is 0. The zero-order chi connectivity index (χ0) is 48.5. The maximum absolute atomic E-state index is 6.77. The lowest BCUT2D eigenvalue weighted by molar-refractivity contribution is 0.245. The van der Waals surface area contributed by atoms with Crippen LogP contribution < -0.4 is 37.9 Å². The molecule has 0 spiro atoms. The molecule has 8 aliphatic heterocycles. The Morgan fingerprint density at radius 1 is 0.250 bits per heavy atom. The fourth-order valence-corrected chi connectivity index (χ4v) is 9.54. The molecule has 0 aromatic heterocycles. The van der Waals surface area contributed by atoms with E-state index in [1.807, 2.05) is 0 Å². The minimum atomic E-state index is -0.265. The van der Waals surface area contributed by atoms with Gasteiger partial charge in [-0.05, 0) is 24.3 Å². The van der Waals surface area contributed by atoms with Crippen LogP contribution in [0.5, 0.6) is 46.0 Å². The van der Waals surface area contributed by atoms with Gasteiger partial charge in [-0.2, -0.15) is 0 Å². The summed E-state index contributed by atoms with van der Waals surface area (Å²) in [6, 6.07) is 17.2. The molecule has 0 saturated carbocycles. The molecule has 8 atom stereocenters. The normalized spacial score (nSPS) is 30.6. The Kier molecular flexibility index (Phi) is 12.8. The number of hydrogen-bond donors (Lipinski definition) is 0. The second-order valence-electron chi connectivity index (χ2n) is 20.7. The summed E-state index contributed by atoms with van der Waals surface area (Å²) in [6.45, 7) is 17.3. The van der Waals surface area contributed by atoms with Crippen LogP contribution >= 0.6 is 0 Å². The van der Waals surface area contributed by atoms with Crippen LogP contribution in [-0.4, -0.2) is 155 Å². The second kappa shape index (κ2) is 19.7. The number of hydrogen-bond acceptors (Lipinski definition) is 16. The number of epoxide rings is 8. The van der Waals surface area contributed by atoms with Gasteiger partial charge in [0.25, 0.3) is 0 Å². The molecule has 1 aliphatic carbocycles. The van der Waals surface area contributed by atoms with Crippen LogP contribution in [0.3, 0.4) is 0 Å². The highest BCUT2D eigenvalue weighted by Crippen LogP contribution is 2.51. The molecular formula is C56H64O16. The number of rotatable bonds is 24. The van der Waals surface area contributed by atoms with Crippen molar-refractivity contribution >= 4 is 0 Å². The summed E-state index contributed by atoms with van der Waals surface area (Å²) in [7, 11) is 0. The van der Waals surface area contributed by atoms with Gasteiger partial charge in [0.05, 0.1) is 52.9 Å². The van der Waals surface area contributed by atoms with Crippen molar-refractivity contribution in [1.82, 2.24) is 0 Å². The lowest BCUT2D eigenvalue weighted by Gasteiger charge is -2.29. The molecule has 0 N–H and O–H groups in total. The van der Waals surface area contributed by atoms with Crippen LogP contribution in [0, 0.1) is 0 Å². The summed E-state index contributed by atoms with van der Waals surface area (Å²) >= 11 is 0. The maximum atomic E-state index is 6.77. The third kappa shape index (κ3) is 11.1. The zero-order valence-electron chi connectivity index (χ0n) is 41.4. The molecule has 4 aromatic carbocycles. The molecule has 13 rings (SSSR count). The first-order chi connectivity index (χ1) is 35.2. The average Bonchev–Trinajstić information content (AvgIpc) is 4.20. The van der Waals surface area contributed by atoms with E-state index < -0.39 is 0 Å². The fraction of sp³-hybridized carbons (Fsp3) is 0.571. The third-order valence-corrected chi connectivity index (χ3v) is 14.9. The van der Waals surface area contributed by atoms with E-state index in [0.717, 1.165) is 44.5 Å². The quantitative estimate of drug-likeness (QED) is 0.0668. The molecule has 0 radical (unpaired) electrons. The van der Waals surface area contributed by atoms with E-state index >= 15 is 0 Å². The van der Waals surface area contributed by atoms with Gasteiger partial charge in [-0.3, -0.25) is 0 Å². The van der Waals surface area contributed by atoms with Gasteiger partial charge in [-0.15, -0.1) is 0 Å². The van der Waals surface area contributed by atoms with Crippen molar-refractivity contribution in [3.05, 3.63) is 93.0 Å². The molecule has 384 valence electrons. The summed E-state index contributed by atoms with van der Waals surface area (Å²) in [6.07, 6.45) is 0.168. The number of benzene rings is 4. The van der Waals surface area contributed by atoms with Gasteiger partial charge in [-0.25, -0.2) is 0 Å². The lowest BCUT2D eigenvalue weighted by Crippen LogP contribution is -2.16. The topological polar surface area (TPSA) is 174 Å². The Morgan fingerprint density at radius 3 is 0.486 bits per heavy atom. The number of fused-ring (bicyclic) bond motifs is 8. The molecule has 4 aromatic rings. The molecule has 8 unspecified atom stereocenters. The summed E-state index contributed by atoms with van der Waals surface area (Å²) in [5.74, 6) is 4.58. The zero-order valence-corrected chi connectivity index (χ0v) is 41.4. The highest BCUT2D eigenvalue weighted by molar-refractivity contribution is 5.63. The summed E-state index contributed by atoms with van der Waals surface area (Å²) < 4.78 is 99.6. The highest BCUT2D eigenvalue weighted by atomic mass is 16.6. The van der Waals surface area contributed by atoms with E-state index in [4.69, 9.17) is 75.8 Å². The van der Waals surface area contributed by atoms with Crippen molar-refractivity contribution in [1.29, 1.82) is 0 Å².